The molecule has 2 unspecified atom stereocenters. The molecule has 2 aliphatic heterocycles. The molecule has 10 nitrogen and oxygen atoms in total. The van der Waals surface area contributed by atoms with E-state index in [2.05, 4.69) is 9.88 Å². The molecule has 0 aliphatic carbocycles. The van der Waals surface area contributed by atoms with Crippen LogP contribution in [0, 0.1) is 11.6 Å². The van der Waals surface area contributed by atoms with Crippen molar-refractivity contribution in [3.8, 4) is 11.5 Å². The number of morpholine rings is 1. The van der Waals surface area contributed by atoms with E-state index in [4.69, 9.17) is 19.3 Å². The van der Waals surface area contributed by atoms with Crippen LogP contribution in [0.25, 0.3) is 10.9 Å². The lowest BCUT2D eigenvalue weighted by Gasteiger charge is -2.33. The SMILES string of the molecule is CC1CN(c2cc3nn(C4CCCCO4)cc3cc2Oc2ccc(N(C(=O)c3ccc[nH]c3=O)c3ccc(F)cc3)cc2F)CCO1. The van der Waals surface area contributed by atoms with Crippen molar-refractivity contribution in [1.29, 1.82) is 0 Å². The topological polar surface area (TPSA) is 102 Å². The quantitative estimate of drug-likeness (QED) is 0.211. The number of anilines is 3. The van der Waals surface area contributed by atoms with Crippen molar-refractivity contribution in [3.05, 3.63) is 107 Å². The predicted octanol–water partition coefficient (Wildman–Crippen LogP) is 6.70. The third-order valence-corrected chi connectivity index (χ3v) is 8.37. The molecule has 0 radical (unpaired) electrons. The maximum absolute atomic E-state index is 16.0. The second-order valence-corrected chi connectivity index (χ2v) is 11.7. The highest BCUT2D eigenvalue weighted by atomic mass is 19.1. The Hall–Kier alpha value is -5.07. The van der Waals surface area contributed by atoms with Crippen LogP contribution in [-0.2, 0) is 9.47 Å². The third kappa shape index (κ3) is 6.34. The number of nitrogens with zero attached hydrogens (tertiary/aromatic N) is 4. The van der Waals surface area contributed by atoms with Crippen LogP contribution in [0.4, 0.5) is 25.8 Å². The Morgan fingerprint density at radius 3 is 2.57 bits per heavy atom. The number of fused-ring (bicyclic) bond motifs is 1. The number of aromatic amines is 1. The van der Waals surface area contributed by atoms with Crippen LogP contribution in [0.15, 0.2) is 83.9 Å². The van der Waals surface area contributed by atoms with Gasteiger partial charge in [-0.3, -0.25) is 14.5 Å². The minimum Gasteiger partial charge on any atom is -0.452 e. The van der Waals surface area contributed by atoms with Crippen molar-refractivity contribution in [2.75, 3.05) is 36.1 Å². The molecule has 1 amide bonds. The summed E-state index contributed by atoms with van der Waals surface area (Å²) < 4.78 is 49.6. The fourth-order valence-electron chi connectivity index (χ4n) is 6.02. The van der Waals surface area contributed by atoms with Gasteiger partial charge in [0.2, 0.25) is 0 Å². The largest absolute Gasteiger partial charge is 0.452 e. The number of H-pyrrole nitrogens is 1. The van der Waals surface area contributed by atoms with Gasteiger partial charge >= 0.3 is 0 Å². The third-order valence-electron chi connectivity index (χ3n) is 8.37. The molecule has 0 saturated carbocycles. The molecule has 1 N–H and O–H groups in total. The molecule has 4 heterocycles. The van der Waals surface area contributed by atoms with E-state index in [0.29, 0.717) is 32.1 Å². The summed E-state index contributed by atoms with van der Waals surface area (Å²) in [7, 11) is 0. The van der Waals surface area contributed by atoms with E-state index in [-0.39, 0.29) is 35.0 Å². The number of hydrogen-bond donors (Lipinski definition) is 1. The molecule has 0 spiro atoms. The number of hydrogen-bond acceptors (Lipinski definition) is 7. The normalized spacial score (nSPS) is 18.3. The van der Waals surface area contributed by atoms with Gasteiger partial charge in [-0.1, -0.05) is 0 Å². The van der Waals surface area contributed by atoms with Crippen molar-refractivity contribution in [3.63, 3.8) is 0 Å². The summed E-state index contributed by atoms with van der Waals surface area (Å²) in [4.78, 5) is 31.9. The van der Waals surface area contributed by atoms with Gasteiger partial charge in [0.05, 0.1) is 29.6 Å². The van der Waals surface area contributed by atoms with Crippen LogP contribution in [0.1, 0.15) is 42.8 Å². The zero-order chi connectivity index (χ0) is 32.5. The Morgan fingerprint density at radius 1 is 1.00 bits per heavy atom. The summed E-state index contributed by atoms with van der Waals surface area (Å²) in [5.74, 6) is -1.59. The number of carbonyl (C=O) groups excluding carboxylic acids is 1. The molecule has 242 valence electrons. The molecular weight excluding hydrogens is 608 g/mol. The first-order valence-corrected chi connectivity index (χ1v) is 15.6. The molecule has 12 heteroatoms. The molecular formula is C35H33F2N5O5. The zero-order valence-electron chi connectivity index (χ0n) is 25.7. The summed E-state index contributed by atoms with van der Waals surface area (Å²) in [6.45, 7) is 4.45. The molecule has 2 aliphatic rings. The summed E-state index contributed by atoms with van der Waals surface area (Å²) in [6, 6.07) is 15.9. The highest BCUT2D eigenvalue weighted by Gasteiger charge is 2.26. The first-order valence-electron chi connectivity index (χ1n) is 15.6. The standard InChI is InChI=1S/C35H33F2N5O5/c1-22-20-40(14-16-45-22)30-19-29-23(21-41(39-29)33-6-2-3-15-46-33)17-32(30)47-31-12-11-26(18-28(31)37)42(25-9-7-24(36)8-10-25)35(44)27-5-4-13-38-34(27)43/h4-5,7-13,17-19,21-22,33H,2-3,6,14-16,20H2,1H3,(H,38,43). The number of aromatic nitrogens is 3. The highest BCUT2D eigenvalue weighted by Crippen LogP contribution is 2.39. The summed E-state index contributed by atoms with van der Waals surface area (Å²) in [5, 5.41) is 5.63. The van der Waals surface area contributed by atoms with Gasteiger partial charge in [0.25, 0.3) is 11.5 Å². The average molecular weight is 642 g/mol. The fraction of sp³-hybridized carbons (Fsp3) is 0.286. The van der Waals surface area contributed by atoms with Gasteiger partial charge in [0.15, 0.2) is 17.3 Å². The van der Waals surface area contributed by atoms with Crippen molar-refractivity contribution < 1.29 is 27.8 Å². The van der Waals surface area contributed by atoms with Gasteiger partial charge < -0.3 is 24.1 Å². The van der Waals surface area contributed by atoms with Crippen LogP contribution in [0.5, 0.6) is 11.5 Å². The van der Waals surface area contributed by atoms with Crippen LogP contribution < -0.4 is 20.1 Å². The number of amides is 1. The Kier molecular flexibility index (Phi) is 8.44. The van der Waals surface area contributed by atoms with E-state index < -0.39 is 23.1 Å². The Labute approximate surface area is 269 Å². The van der Waals surface area contributed by atoms with E-state index in [1.165, 1.54) is 54.7 Å². The van der Waals surface area contributed by atoms with Crippen molar-refractivity contribution >= 4 is 33.9 Å². The lowest BCUT2D eigenvalue weighted by Crippen LogP contribution is -2.41. The van der Waals surface area contributed by atoms with E-state index in [9.17, 15) is 14.0 Å². The number of nitrogens with one attached hydrogen (secondary N) is 1. The lowest BCUT2D eigenvalue weighted by molar-refractivity contribution is -0.0390. The highest BCUT2D eigenvalue weighted by molar-refractivity contribution is 6.10. The predicted molar refractivity (Wildman–Crippen MR) is 173 cm³/mol. The number of ether oxygens (including phenoxy) is 3. The lowest BCUT2D eigenvalue weighted by atomic mass is 10.1. The fourth-order valence-corrected chi connectivity index (χ4v) is 6.02. The van der Waals surface area contributed by atoms with E-state index >= 15 is 4.39 Å². The number of benzene rings is 3. The van der Waals surface area contributed by atoms with Gasteiger partial charge in [-0.15, -0.1) is 0 Å². The van der Waals surface area contributed by atoms with Crippen LogP contribution in [-0.4, -0.2) is 53.1 Å². The molecule has 2 fully saturated rings. The maximum atomic E-state index is 16.0. The van der Waals surface area contributed by atoms with Gasteiger partial charge in [-0.25, -0.2) is 13.5 Å². The Morgan fingerprint density at radius 2 is 1.83 bits per heavy atom. The minimum atomic E-state index is -0.739. The van der Waals surface area contributed by atoms with Gasteiger partial charge in [-0.05, 0) is 86.8 Å². The second-order valence-electron chi connectivity index (χ2n) is 11.7. The molecule has 7 rings (SSSR count). The Bertz CT molecular complexity index is 1970. The van der Waals surface area contributed by atoms with E-state index in [1.807, 2.05) is 29.9 Å². The van der Waals surface area contributed by atoms with Crippen molar-refractivity contribution in [1.82, 2.24) is 14.8 Å². The zero-order valence-corrected chi connectivity index (χ0v) is 25.7. The summed E-state index contributed by atoms with van der Waals surface area (Å²) in [6.07, 6.45) is 6.14. The van der Waals surface area contributed by atoms with Crippen molar-refractivity contribution in [2.45, 2.75) is 38.5 Å². The van der Waals surface area contributed by atoms with Crippen molar-refractivity contribution in [2.24, 2.45) is 0 Å². The Balaban J connectivity index is 1.25. The molecule has 5 aromatic rings. The summed E-state index contributed by atoms with van der Waals surface area (Å²) in [5.41, 5.74) is 1.12. The molecule has 2 atom stereocenters. The van der Waals surface area contributed by atoms with Crippen LogP contribution >= 0.6 is 0 Å². The van der Waals surface area contributed by atoms with E-state index in [0.717, 1.165) is 46.8 Å². The second kappa shape index (κ2) is 13.0. The maximum Gasteiger partial charge on any atom is 0.268 e. The molecule has 47 heavy (non-hydrogen) atoms. The van der Waals surface area contributed by atoms with Crippen LogP contribution in [0.3, 0.4) is 0 Å². The first kappa shape index (κ1) is 30.6. The molecule has 2 saturated heterocycles. The number of halogens is 2. The first-order chi connectivity index (χ1) is 22.8. The van der Waals surface area contributed by atoms with Crippen LogP contribution in [0.2, 0.25) is 0 Å². The van der Waals surface area contributed by atoms with Gasteiger partial charge in [0.1, 0.15) is 17.6 Å². The molecule has 2 aromatic heterocycles. The monoisotopic (exact) mass is 641 g/mol. The number of pyridine rings is 1. The smallest absolute Gasteiger partial charge is 0.268 e. The number of rotatable bonds is 7. The van der Waals surface area contributed by atoms with Gasteiger partial charge in [0, 0.05) is 49.2 Å². The molecule has 3 aromatic carbocycles. The molecule has 0 bridgehead atoms. The number of carbonyl (C=O) groups is 1. The van der Waals surface area contributed by atoms with E-state index in [1.54, 1.807) is 0 Å². The minimum absolute atomic E-state index is 0.0108. The summed E-state index contributed by atoms with van der Waals surface area (Å²) >= 11 is 0. The average Bonchev–Trinajstić information content (AvgIpc) is 3.50. The van der Waals surface area contributed by atoms with Gasteiger partial charge in [-0.2, -0.15) is 5.10 Å².